The maximum Gasteiger partial charge on any atom is 0.329 e. The molecule has 0 aromatic heterocycles. The van der Waals surface area contributed by atoms with Gasteiger partial charge in [-0.2, -0.15) is 5.10 Å². The lowest BCUT2D eigenvalue weighted by molar-refractivity contribution is -0.139. The summed E-state index contributed by atoms with van der Waals surface area (Å²) in [5.74, 6) is -1.46. The molecule has 0 fully saturated rings. The molecule has 0 spiro atoms. The van der Waals surface area contributed by atoms with Crippen LogP contribution in [0.2, 0.25) is 0 Å². The summed E-state index contributed by atoms with van der Waals surface area (Å²) in [6, 6.07) is 7.65. The van der Waals surface area contributed by atoms with Crippen molar-refractivity contribution >= 4 is 23.2 Å². The van der Waals surface area contributed by atoms with Gasteiger partial charge in [0.25, 0.3) is 0 Å². The Morgan fingerprint density at radius 3 is 2.14 bits per heavy atom. The Hall–Kier alpha value is -2.37. The highest BCUT2D eigenvalue weighted by Gasteiger charge is 2.13. The topological polar surface area (TPSA) is 73.8 Å². The van der Waals surface area contributed by atoms with Crippen LogP contribution < -0.4 is 15.6 Å². The van der Waals surface area contributed by atoms with Crippen molar-refractivity contribution in [2.75, 3.05) is 19.0 Å². The fourth-order valence-corrected chi connectivity index (χ4v) is 1.58. The second kappa shape index (κ2) is 7.42. The Kier molecular flexibility index (Phi) is 5.90. The average Bonchev–Trinajstić information content (AvgIpc) is 2.43. The molecule has 114 valence electrons. The number of hydrogen-bond donors (Lipinski definition) is 2. The number of nitrogens with zero attached hydrogens (tertiary/aromatic N) is 2. The molecule has 0 radical (unpaired) electrons. The molecule has 0 unspecified atom stereocenters. The lowest BCUT2D eigenvalue weighted by Gasteiger charge is -2.12. The van der Waals surface area contributed by atoms with E-state index in [4.69, 9.17) is 0 Å². The van der Waals surface area contributed by atoms with Crippen molar-refractivity contribution in [1.29, 1.82) is 0 Å². The van der Waals surface area contributed by atoms with Crippen LogP contribution in [-0.2, 0) is 9.59 Å². The summed E-state index contributed by atoms with van der Waals surface area (Å²) in [5, 5.41) is 6.44. The average molecular weight is 290 g/mol. The van der Waals surface area contributed by atoms with Gasteiger partial charge >= 0.3 is 11.8 Å². The van der Waals surface area contributed by atoms with Gasteiger partial charge < -0.3 is 10.2 Å². The minimum Gasteiger partial charge on any atom is -0.378 e. The van der Waals surface area contributed by atoms with Gasteiger partial charge in [-0.05, 0) is 38.5 Å². The van der Waals surface area contributed by atoms with E-state index in [9.17, 15) is 9.59 Å². The number of amides is 2. The third-order valence-electron chi connectivity index (χ3n) is 2.75. The Morgan fingerprint density at radius 1 is 1.10 bits per heavy atom. The molecule has 21 heavy (non-hydrogen) atoms. The summed E-state index contributed by atoms with van der Waals surface area (Å²) < 4.78 is 0. The van der Waals surface area contributed by atoms with Crippen LogP contribution in [0.15, 0.2) is 29.4 Å². The zero-order valence-corrected chi connectivity index (χ0v) is 13.1. The van der Waals surface area contributed by atoms with Gasteiger partial charge in [-0.25, -0.2) is 5.43 Å². The fraction of sp³-hybridized carbons (Fsp3) is 0.400. The maximum absolute atomic E-state index is 11.5. The van der Waals surface area contributed by atoms with Gasteiger partial charge in [-0.1, -0.05) is 12.1 Å². The minimum absolute atomic E-state index is 0.0908. The number of carbonyl (C=O) groups excluding carboxylic acids is 2. The van der Waals surface area contributed by atoms with Crippen LogP contribution in [0.25, 0.3) is 0 Å². The van der Waals surface area contributed by atoms with E-state index in [2.05, 4.69) is 15.8 Å². The fourth-order valence-electron chi connectivity index (χ4n) is 1.58. The standard InChI is InChI=1S/C15H22N4O2/c1-10(2)16-14(20)15(21)18-17-11(3)12-6-8-13(9-7-12)19(4)5/h6-10H,1-5H3,(H,16,20)(H,18,21)/b17-11-. The summed E-state index contributed by atoms with van der Waals surface area (Å²) in [4.78, 5) is 24.9. The molecule has 0 heterocycles. The molecule has 2 N–H and O–H groups in total. The summed E-state index contributed by atoms with van der Waals surface area (Å²) in [5.41, 5.74) is 4.84. The molecule has 0 aliphatic carbocycles. The van der Waals surface area contributed by atoms with Gasteiger partial charge in [0.15, 0.2) is 0 Å². The van der Waals surface area contributed by atoms with Crippen LogP contribution in [0.3, 0.4) is 0 Å². The van der Waals surface area contributed by atoms with Gasteiger partial charge in [-0.15, -0.1) is 0 Å². The Bertz CT molecular complexity index is 533. The van der Waals surface area contributed by atoms with E-state index in [1.54, 1.807) is 20.8 Å². The lowest BCUT2D eigenvalue weighted by atomic mass is 10.1. The number of carbonyl (C=O) groups is 2. The first kappa shape index (κ1) is 16.7. The number of rotatable bonds is 4. The molecule has 0 bridgehead atoms. The second-order valence-corrected chi connectivity index (χ2v) is 5.21. The SMILES string of the molecule is C/C(=N/NC(=O)C(=O)NC(C)C)c1ccc(N(C)C)cc1. The van der Waals surface area contributed by atoms with E-state index < -0.39 is 11.8 Å². The molecule has 1 aromatic rings. The number of benzene rings is 1. The highest BCUT2D eigenvalue weighted by atomic mass is 16.2. The Labute approximate surface area is 125 Å². The number of hydrazone groups is 1. The first-order chi connectivity index (χ1) is 9.81. The van der Waals surface area contributed by atoms with E-state index >= 15 is 0 Å². The largest absolute Gasteiger partial charge is 0.378 e. The van der Waals surface area contributed by atoms with Crippen LogP contribution in [0, 0.1) is 0 Å². The quantitative estimate of drug-likeness (QED) is 0.496. The molecule has 0 saturated heterocycles. The van der Waals surface area contributed by atoms with Crippen molar-refractivity contribution in [2.24, 2.45) is 5.10 Å². The van der Waals surface area contributed by atoms with Crippen molar-refractivity contribution in [3.05, 3.63) is 29.8 Å². The molecule has 1 aromatic carbocycles. The smallest absolute Gasteiger partial charge is 0.329 e. The molecular weight excluding hydrogens is 268 g/mol. The molecule has 1 rings (SSSR count). The van der Waals surface area contributed by atoms with Gasteiger partial charge in [-0.3, -0.25) is 9.59 Å². The molecule has 2 amide bonds. The van der Waals surface area contributed by atoms with Crippen molar-refractivity contribution in [3.63, 3.8) is 0 Å². The molecule has 6 heteroatoms. The van der Waals surface area contributed by atoms with Gasteiger partial charge in [0.1, 0.15) is 0 Å². The van der Waals surface area contributed by atoms with Crippen LogP contribution in [0.1, 0.15) is 26.3 Å². The van der Waals surface area contributed by atoms with Crippen LogP contribution in [-0.4, -0.2) is 37.7 Å². The third-order valence-corrected chi connectivity index (χ3v) is 2.75. The van der Waals surface area contributed by atoms with E-state index in [1.165, 1.54) is 0 Å². The van der Waals surface area contributed by atoms with Gasteiger partial charge in [0.2, 0.25) is 0 Å². The number of hydrogen-bond acceptors (Lipinski definition) is 4. The van der Waals surface area contributed by atoms with Crippen molar-refractivity contribution in [2.45, 2.75) is 26.8 Å². The van der Waals surface area contributed by atoms with E-state index in [1.807, 2.05) is 43.3 Å². The van der Waals surface area contributed by atoms with Gasteiger partial charge in [0.05, 0.1) is 5.71 Å². The predicted molar refractivity (Wildman–Crippen MR) is 84.4 cm³/mol. The Morgan fingerprint density at radius 2 is 1.67 bits per heavy atom. The first-order valence-corrected chi connectivity index (χ1v) is 6.74. The van der Waals surface area contributed by atoms with E-state index in [-0.39, 0.29) is 6.04 Å². The number of nitrogens with one attached hydrogen (secondary N) is 2. The normalized spacial score (nSPS) is 11.2. The molecule has 6 nitrogen and oxygen atoms in total. The third kappa shape index (κ3) is 5.25. The molecular formula is C15H22N4O2. The highest BCUT2D eigenvalue weighted by Crippen LogP contribution is 2.12. The van der Waals surface area contributed by atoms with Crippen LogP contribution in [0.4, 0.5) is 5.69 Å². The summed E-state index contributed by atoms with van der Waals surface area (Å²) in [6.07, 6.45) is 0. The second-order valence-electron chi connectivity index (χ2n) is 5.21. The summed E-state index contributed by atoms with van der Waals surface area (Å²) in [7, 11) is 3.92. The monoisotopic (exact) mass is 290 g/mol. The summed E-state index contributed by atoms with van der Waals surface area (Å²) >= 11 is 0. The van der Waals surface area contributed by atoms with Crippen molar-refractivity contribution in [1.82, 2.24) is 10.7 Å². The van der Waals surface area contributed by atoms with Crippen LogP contribution in [0.5, 0.6) is 0 Å². The first-order valence-electron chi connectivity index (χ1n) is 6.74. The molecule has 0 atom stereocenters. The highest BCUT2D eigenvalue weighted by molar-refractivity contribution is 6.35. The minimum atomic E-state index is -0.770. The molecule has 0 aliphatic rings. The zero-order valence-electron chi connectivity index (χ0n) is 13.1. The zero-order chi connectivity index (χ0) is 16.0. The summed E-state index contributed by atoms with van der Waals surface area (Å²) in [6.45, 7) is 5.34. The van der Waals surface area contributed by atoms with E-state index in [0.717, 1.165) is 11.3 Å². The van der Waals surface area contributed by atoms with E-state index in [0.29, 0.717) is 5.71 Å². The van der Waals surface area contributed by atoms with Gasteiger partial charge in [0, 0.05) is 25.8 Å². The lowest BCUT2D eigenvalue weighted by Crippen LogP contribution is -2.41. The predicted octanol–water partition coefficient (Wildman–Crippen LogP) is 1.12. The van der Waals surface area contributed by atoms with Crippen molar-refractivity contribution in [3.8, 4) is 0 Å². The maximum atomic E-state index is 11.5. The molecule has 0 saturated carbocycles. The van der Waals surface area contributed by atoms with Crippen LogP contribution >= 0.6 is 0 Å². The number of anilines is 1. The van der Waals surface area contributed by atoms with Crippen molar-refractivity contribution < 1.29 is 9.59 Å². The molecule has 0 aliphatic heterocycles. The Balaban J connectivity index is 2.68.